The minimum absolute atomic E-state index is 0.0740. The van der Waals surface area contributed by atoms with Crippen molar-refractivity contribution in [3.8, 4) is 0 Å². The lowest BCUT2D eigenvalue weighted by molar-refractivity contribution is -0.384. The van der Waals surface area contributed by atoms with Gasteiger partial charge in [0.05, 0.1) is 11.5 Å². The predicted molar refractivity (Wildman–Crippen MR) is 93.7 cm³/mol. The van der Waals surface area contributed by atoms with E-state index in [4.69, 9.17) is 0 Å². The van der Waals surface area contributed by atoms with Crippen LogP contribution in [0.3, 0.4) is 0 Å². The molecule has 0 aromatic heterocycles. The molecule has 0 radical (unpaired) electrons. The molecule has 2 aromatic carbocycles. The van der Waals surface area contributed by atoms with Gasteiger partial charge in [0.25, 0.3) is 11.6 Å². The van der Waals surface area contributed by atoms with E-state index in [0.717, 1.165) is 14.9 Å². The zero-order chi connectivity index (χ0) is 18.2. The molecule has 2 aromatic rings. The molecule has 1 aliphatic rings. The van der Waals surface area contributed by atoms with Gasteiger partial charge in [0.15, 0.2) is 0 Å². The first-order valence-corrected chi connectivity index (χ1v) is 8.24. The number of imide groups is 1. The number of nitrogens with zero attached hydrogens (tertiary/aromatic N) is 2. The van der Waals surface area contributed by atoms with E-state index in [9.17, 15) is 19.7 Å². The number of hydrogen-bond donors (Lipinski definition) is 1. The number of urea groups is 1. The molecule has 1 atom stereocenters. The largest absolute Gasteiger partial charge is 0.325 e. The number of amides is 3. The fourth-order valence-corrected chi connectivity index (χ4v) is 3.22. The number of non-ortho nitro benzene ring substituents is 1. The molecular formula is C17H14BrN3O4. The van der Waals surface area contributed by atoms with E-state index in [2.05, 4.69) is 21.2 Å². The zero-order valence-corrected chi connectivity index (χ0v) is 14.8. The van der Waals surface area contributed by atoms with Crippen LogP contribution >= 0.6 is 15.9 Å². The van der Waals surface area contributed by atoms with Crippen LogP contribution in [0.15, 0.2) is 53.0 Å². The second-order valence-corrected chi connectivity index (χ2v) is 6.80. The van der Waals surface area contributed by atoms with Crippen molar-refractivity contribution in [3.05, 3.63) is 74.2 Å². The van der Waals surface area contributed by atoms with Crippen molar-refractivity contribution in [2.75, 3.05) is 0 Å². The highest BCUT2D eigenvalue weighted by molar-refractivity contribution is 9.10. The van der Waals surface area contributed by atoms with Crippen molar-refractivity contribution >= 4 is 33.6 Å². The normalized spacial score (nSPS) is 19.8. The Labute approximate surface area is 151 Å². The average Bonchev–Trinajstić information content (AvgIpc) is 2.79. The first-order valence-electron chi connectivity index (χ1n) is 7.45. The van der Waals surface area contributed by atoms with E-state index in [1.807, 2.05) is 24.3 Å². The number of rotatable bonds is 4. The summed E-state index contributed by atoms with van der Waals surface area (Å²) in [7, 11) is 0. The van der Waals surface area contributed by atoms with Gasteiger partial charge in [-0.1, -0.05) is 28.1 Å². The Balaban J connectivity index is 1.87. The molecule has 0 saturated carbocycles. The van der Waals surface area contributed by atoms with Crippen molar-refractivity contribution in [1.82, 2.24) is 10.2 Å². The predicted octanol–water partition coefficient (Wildman–Crippen LogP) is 3.32. The third-order valence-electron chi connectivity index (χ3n) is 4.16. The molecule has 3 rings (SSSR count). The molecule has 3 amide bonds. The maximum Gasteiger partial charge on any atom is 0.325 e. The van der Waals surface area contributed by atoms with E-state index in [1.54, 1.807) is 6.92 Å². The van der Waals surface area contributed by atoms with Crippen molar-refractivity contribution in [3.63, 3.8) is 0 Å². The molecular weight excluding hydrogens is 390 g/mol. The monoisotopic (exact) mass is 403 g/mol. The third-order valence-corrected chi connectivity index (χ3v) is 4.65. The van der Waals surface area contributed by atoms with E-state index in [0.29, 0.717) is 5.56 Å². The van der Waals surface area contributed by atoms with Crippen LogP contribution in [0, 0.1) is 10.1 Å². The Morgan fingerprint density at radius 1 is 1.20 bits per heavy atom. The maximum atomic E-state index is 12.8. The van der Waals surface area contributed by atoms with Crippen LogP contribution in [0.1, 0.15) is 18.1 Å². The van der Waals surface area contributed by atoms with Crippen LogP contribution in [0.2, 0.25) is 0 Å². The minimum Gasteiger partial charge on any atom is -0.319 e. The van der Waals surface area contributed by atoms with E-state index >= 15 is 0 Å². The Bertz CT molecular complexity index is 868. The molecule has 128 valence electrons. The molecule has 0 spiro atoms. The molecule has 1 aliphatic heterocycles. The number of hydrogen-bond acceptors (Lipinski definition) is 4. The number of carbonyl (C=O) groups is 2. The quantitative estimate of drug-likeness (QED) is 0.481. The van der Waals surface area contributed by atoms with Crippen molar-refractivity contribution in [1.29, 1.82) is 0 Å². The Morgan fingerprint density at radius 2 is 1.88 bits per heavy atom. The molecule has 0 aliphatic carbocycles. The topological polar surface area (TPSA) is 92.6 Å². The fourth-order valence-electron chi connectivity index (χ4n) is 2.77. The lowest BCUT2D eigenvalue weighted by atomic mass is 9.92. The second-order valence-electron chi connectivity index (χ2n) is 5.88. The summed E-state index contributed by atoms with van der Waals surface area (Å²) in [5.41, 5.74) is -0.0211. The summed E-state index contributed by atoms with van der Waals surface area (Å²) >= 11 is 3.36. The Hall–Kier alpha value is -2.74. The molecule has 1 heterocycles. The fraction of sp³-hybridized carbons (Fsp3) is 0.176. The number of nitro benzene ring substituents is 1. The number of benzene rings is 2. The average molecular weight is 404 g/mol. The van der Waals surface area contributed by atoms with Gasteiger partial charge >= 0.3 is 6.03 Å². The summed E-state index contributed by atoms with van der Waals surface area (Å²) in [6, 6.07) is 12.5. The van der Waals surface area contributed by atoms with Gasteiger partial charge in [-0.05, 0) is 42.3 Å². The first kappa shape index (κ1) is 17.1. The number of nitrogens with one attached hydrogen (secondary N) is 1. The molecule has 1 fully saturated rings. The smallest absolute Gasteiger partial charge is 0.319 e. The maximum absolute atomic E-state index is 12.8. The molecule has 0 unspecified atom stereocenters. The van der Waals surface area contributed by atoms with E-state index in [1.165, 1.54) is 24.3 Å². The highest BCUT2D eigenvalue weighted by atomic mass is 79.9. The van der Waals surface area contributed by atoms with Crippen LogP contribution in [0.4, 0.5) is 10.5 Å². The summed E-state index contributed by atoms with van der Waals surface area (Å²) < 4.78 is 0.857. The number of nitro groups is 1. The molecule has 25 heavy (non-hydrogen) atoms. The molecule has 1 N–H and O–H groups in total. The Kier molecular flexibility index (Phi) is 4.30. The van der Waals surface area contributed by atoms with E-state index < -0.39 is 22.4 Å². The molecule has 1 saturated heterocycles. The van der Waals surface area contributed by atoms with Gasteiger partial charge in [-0.15, -0.1) is 0 Å². The SMILES string of the molecule is C[C@]1(c2ccc([N+](=O)[O-])cc2)NC(=O)N(Cc2cccc(Br)c2)C1=O. The van der Waals surface area contributed by atoms with Gasteiger partial charge in [-0.25, -0.2) is 4.79 Å². The van der Waals surface area contributed by atoms with Crippen LogP contribution in [-0.4, -0.2) is 21.8 Å². The third kappa shape index (κ3) is 3.12. The van der Waals surface area contributed by atoms with Crippen LogP contribution < -0.4 is 5.32 Å². The summed E-state index contributed by atoms with van der Waals surface area (Å²) in [6.45, 7) is 1.74. The number of carbonyl (C=O) groups excluding carboxylic acids is 2. The highest BCUT2D eigenvalue weighted by Crippen LogP contribution is 2.31. The molecule has 8 heteroatoms. The molecule has 0 bridgehead atoms. The van der Waals surface area contributed by atoms with Crippen LogP contribution in [0.5, 0.6) is 0 Å². The summed E-state index contributed by atoms with van der Waals surface area (Å²) in [6.07, 6.45) is 0. The number of halogens is 1. The first-order chi connectivity index (χ1) is 11.8. The summed E-state index contributed by atoms with van der Waals surface area (Å²) in [5, 5.41) is 13.5. The standard InChI is InChI=1S/C17H14BrN3O4/c1-17(12-5-7-14(8-6-12)21(24)25)15(22)20(16(23)19-17)10-11-3-2-4-13(18)9-11/h2-9H,10H2,1H3,(H,19,23)/t17-/m1/s1. The van der Waals surface area contributed by atoms with Crippen molar-refractivity contribution in [2.24, 2.45) is 0 Å². The van der Waals surface area contributed by atoms with Crippen LogP contribution in [0.25, 0.3) is 0 Å². The van der Waals surface area contributed by atoms with Crippen LogP contribution in [-0.2, 0) is 16.9 Å². The lowest BCUT2D eigenvalue weighted by Crippen LogP contribution is -2.40. The van der Waals surface area contributed by atoms with Crippen molar-refractivity contribution in [2.45, 2.75) is 19.0 Å². The van der Waals surface area contributed by atoms with Gasteiger partial charge in [0.2, 0.25) is 0 Å². The van der Waals surface area contributed by atoms with Gasteiger partial charge in [-0.3, -0.25) is 19.8 Å². The Morgan fingerprint density at radius 3 is 2.48 bits per heavy atom. The van der Waals surface area contributed by atoms with Gasteiger partial charge in [-0.2, -0.15) is 0 Å². The zero-order valence-electron chi connectivity index (χ0n) is 13.2. The van der Waals surface area contributed by atoms with Crippen molar-refractivity contribution < 1.29 is 14.5 Å². The van der Waals surface area contributed by atoms with E-state index in [-0.39, 0.29) is 12.2 Å². The van der Waals surface area contributed by atoms with Gasteiger partial charge < -0.3 is 5.32 Å². The summed E-state index contributed by atoms with van der Waals surface area (Å²) in [4.78, 5) is 36.6. The van der Waals surface area contributed by atoms with Gasteiger partial charge in [0, 0.05) is 16.6 Å². The van der Waals surface area contributed by atoms with Gasteiger partial charge in [0.1, 0.15) is 5.54 Å². The minimum atomic E-state index is -1.25. The summed E-state index contributed by atoms with van der Waals surface area (Å²) in [5.74, 6) is -0.397. The highest BCUT2D eigenvalue weighted by Gasteiger charge is 2.48. The molecule has 7 nitrogen and oxygen atoms in total. The lowest BCUT2D eigenvalue weighted by Gasteiger charge is -2.22. The second kappa shape index (κ2) is 6.29.